The van der Waals surface area contributed by atoms with E-state index < -0.39 is 0 Å². The molecule has 1 atom stereocenters. The molecule has 1 aromatic rings. The van der Waals surface area contributed by atoms with Crippen LogP contribution in [-0.2, 0) is 4.79 Å². The first kappa shape index (κ1) is 14.3. The molecule has 0 saturated carbocycles. The third-order valence-electron chi connectivity index (χ3n) is 3.17. The largest absolute Gasteiger partial charge is 0.480 e. The van der Waals surface area contributed by atoms with Crippen LogP contribution in [0.5, 0.6) is 11.8 Å². The van der Waals surface area contributed by atoms with Gasteiger partial charge in [0, 0.05) is 31.5 Å². The van der Waals surface area contributed by atoms with Gasteiger partial charge < -0.3 is 14.4 Å². The van der Waals surface area contributed by atoms with Crippen molar-refractivity contribution in [2.75, 3.05) is 20.2 Å². The maximum Gasteiger partial charge on any atom is 0.233 e. The fourth-order valence-electron chi connectivity index (χ4n) is 2.08. The third-order valence-corrected chi connectivity index (χ3v) is 3.17. The van der Waals surface area contributed by atoms with Crippen molar-refractivity contribution in [3.05, 3.63) is 24.8 Å². The van der Waals surface area contributed by atoms with Crippen molar-refractivity contribution in [3.63, 3.8) is 0 Å². The molecule has 1 aromatic heterocycles. The zero-order chi connectivity index (χ0) is 14.4. The molecule has 0 bridgehead atoms. The van der Waals surface area contributed by atoms with E-state index in [9.17, 15) is 4.79 Å². The quantitative estimate of drug-likeness (QED) is 0.736. The highest BCUT2D eigenvalue weighted by molar-refractivity contribution is 5.76. The molecule has 6 nitrogen and oxygen atoms in total. The molecule has 1 unspecified atom stereocenters. The summed E-state index contributed by atoms with van der Waals surface area (Å²) in [6, 6.07) is 3.41. The lowest BCUT2D eigenvalue weighted by Crippen LogP contribution is -2.30. The number of aromatic nitrogens is 2. The topological polar surface area (TPSA) is 64.6 Å². The molecular weight excluding hydrogens is 258 g/mol. The number of hydrogen-bond donors (Lipinski definition) is 0. The van der Waals surface area contributed by atoms with Crippen LogP contribution in [0.2, 0.25) is 0 Å². The summed E-state index contributed by atoms with van der Waals surface area (Å²) in [6.45, 7) is 4.95. The lowest BCUT2D eigenvalue weighted by atomic mass is 10.3. The number of ether oxygens (including phenoxy) is 2. The minimum Gasteiger partial charge on any atom is -0.480 e. The highest BCUT2D eigenvalue weighted by Crippen LogP contribution is 2.18. The zero-order valence-corrected chi connectivity index (χ0v) is 11.6. The molecule has 1 saturated heterocycles. The van der Waals surface area contributed by atoms with Crippen LogP contribution in [0.3, 0.4) is 0 Å². The van der Waals surface area contributed by atoms with Gasteiger partial charge in [-0.05, 0) is 6.42 Å². The number of carbonyl (C=O) groups is 1. The summed E-state index contributed by atoms with van der Waals surface area (Å²) < 4.78 is 10.7. The number of likely N-dealkylation sites (tertiary alicyclic amines) is 1. The Hall–Kier alpha value is -2.11. The molecule has 0 radical (unpaired) electrons. The Balaban J connectivity index is 1.83. The SMILES string of the molecule is C=CCCC(=O)N1CCC(Oc2ccc(OC)nn2)C1. The van der Waals surface area contributed by atoms with Gasteiger partial charge >= 0.3 is 0 Å². The Morgan fingerprint density at radius 2 is 2.25 bits per heavy atom. The van der Waals surface area contributed by atoms with Crippen LogP contribution in [-0.4, -0.2) is 47.3 Å². The molecule has 1 aliphatic heterocycles. The monoisotopic (exact) mass is 277 g/mol. The van der Waals surface area contributed by atoms with Gasteiger partial charge in [0.25, 0.3) is 0 Å². The van der Waals surface area contributed by atoms with Crippen LogP contribution in [0.4, 0.5) is 0 Å². The first-order valence-electron chi connectivity index (χ1n) is 6.66. The minimum absolute atomic E-state index is 0.0228. The van der Waals surface area contributed by atoms with Crippen molar-refractivity contribution >= 4 is 5.91 Å². The number of amides is 1. The van der Waals surface area contributed by atoms with Gasteiger partial charge in [-0.25, -0.2) is 0 Å². The minimum atomic E-state index is -0.0228. The molecule has 1 amide bonds. The fraction of sp³-hybridized carbons (Fsp3) is 0.500. The molecular formula is C14H19N3O3. The molecule has 6 heteroatoms. The van der Waals surface area contributed by atoms with Crippen LogP contribution < -0.4 is 9.47 Å². The summed E-state index contributed by atoms with van der Waals surface area (Å²) in [4.78, 5) is 13.7. The predicted molar refractivity (Wildman–Crippen MR) is 73.6 cm³/mol. The number of allylic oxidation sites excluding steroid dienone is 1. The maximum atomic E-state index is 11.9. The highest BCUT2D eigenvalue weighted by atomic mass is 16.5. The van der Waals surface area contributed by atoms with Crippen molar-refractivity contribution in [1.29, 1.82) is 0 Å². The Bertz CT molecular complexity index is 461. The number of nitrogens with zero attached hydrogens (tertiary/aromatic N) is 3. The van der Waals surface area contributed by atoms with Gasteiger partial charge in [0.15, 0.2) is 0 Å². The van der Waals surface area contributed by atoms with Crippen LogP contribution >= 0.6 is 0 Å². The van der Waals surface area contributed by atoms with Gasteiger partial charge in [0.2, 0.25) is 17.7 Å². The second-order valence-electron chi connectivity index (χ2n) is 4.61. The number of rotatable bonds is 6. The van der Waals surface area contributed by atoms with Gasteiger partial charge in [0.1, 0.15) is 6.10 Å². The molecule has 2 heterocycles. The molecule has 20 heavy (non-hydrogen) atoms. The molecule has 0 spiro atoms. The molecule has 0 aromatic carbocycles. The van der Waals surface area contributed by atoms with Gasteiger partial charge in [-0.15, -0.1) is 16.8 Å². The third kappa shape index (κ3) is 3.69. The second kappa shape index (κ2) is 6.88. The summed E-state index contributed by atoms with van der Waals surface area (Å²) in [7, 11) is 1.54. The van der Waals surface area contributed by atoms with Gasteiger partial charge in [-0.1, -0.05) is 6.08 Å². The predicted octanol–water partition coefficient (Wildman–Crippen LogP) is 1.43. The van der Waals surface area contributed by atoms with E-state index in [4.69, 9.17) is 9.47 Å². The van der Waals surface area contributed by atoms with Crippen molar-refractivity contribution < 1.29 is 14.3 Å². The summed E-state index contributed by atoms with van der Waals surface area (Å²) in [6.07, 6.45) is 3.77. The smallest absolute Gasteiger partial charge is 0.233 e. The van der Waals surface area contributed by atoms with E-state index in [0.29, 0.717) is 31.1 Å². The number of hydrogen-bond acceptors (Lipinski definition) is 5. The number of carbonyl (C=O) groups excluding carboxylic acids is 1. The Morgan fingerprint density at radius 1 is 1.50 bits per heavy atom. The van der Waals surface area contributed by atoms with E-state index in [-0.39, 0.29) is 12.0 Å². The van der Waals surface area contributed by atoms with E-state index in [2.05, 4.69) is 16.8 Å². The summed E-state index contributed by atoms with van der Waals surface area (Å²) in [5.74, 6) is 1.05. The Labute approximate surface area is 118 Å². The van der Waals surface area contributed by atoms with Crippen LogP contribution in [0, 0.1) is 0 Å². The molecule has 0 N–H and O–H groups in total. The van der Waals surface area contributed by atoms with E-state index in [1.165, 1.54) is 7.11 Å². The second-order valence-corrected chi connectivity index (χ2v) is 4.61. The normalized spacial score (nSPS) is 17.9. The van der Waals surface area contributed by atoms with E-state index in [1.54, 1.807) is 18.2 Å². The lowest BCUT2D eigenvalue weighted by molar-refractivity contribution is -0.130. The summed E-state index contributed by atoms with van der Waals surface area (Å²) >= 11 is 0. The molecule has 108 valence electrons. The van der Waals surface area contributed by atoms with E-state index in [1.807, 2.05) is 4.90 Å². The standard InChI is InChI=1S/C14H19N3O3/c1-3-4-5-14(18)17-9-8-11(10-17)20-13-7-6-12(19-2)15-16-13/h3,6-7,11H,1,4-5,8-10H2,2H3. The van der Waals surface area contributed by atoms with E-state index in [0.717, 1.165) is 13.0 Å². The summed E-state index contributed by atoms with van der Waals surface area (Å²) in [5.41, 5.74) is 0. The molecule has 1 aliphatic rings. The van der Waals surface area contributed by atoms with Gasteiger partial charge in [-0.3, -0.25) is 4.79 Å². The number of methoxy groups -OCH3 is 1. The van der Waals surface area contributed by atoms with Crippen molar-refractivity contribution in [2.45, 2.75) is 25.4 Å². The van der Waals surface area contributed by atoms with Crippen molar-refractivity contribution in [2.24, 2.45) is 0 Å². The molecule has 1 fully saturated rings. The van der Waals surface area contributed by atoms with Crippen molar-refractivity contribution in [3.8, 4) is 11.8 Å². The van der Waals surface area contributed by atoms with Crippen molar-refractivity contribution in [1.82, 2.24) is 15.1 Å². The fourth-order valence-corrected chi connectivity index (χ4v) is 2.08. The van der Waals surface area contributed by atoms with E-state index >= 15 is 0 Å². The summed E-state index contributed by atoms with van der Waals surface area (Å²) in [5, 5.41) is 7.76. The lowest BCUT2D eigenvalue weighted by Gasteiger charge is -2.16. The van der Waals surface area contributed by atoms with Crippen LogP contribution in [0.15, 0.2) is 24.8 Å². The van der Waals surface area contributed by atoms with Crippen LogP contribution in [0.25, 0.3) is 0 Å². The first-order valence-corrected chi connectivity index (χ1v) is 6.66. The van der Waals surface area contributed by atoms with Crippen LogP contribution in [0.1, 0.15) is 19.3 Å². The molecule has 2 rings (SSSR count). The molecule has 0 aliphatic carbocycles. The average molecular weight is 277 g/mol. The first-order chi connectivity index (χ1) is 9.72. The average Bonchev–Trinajstić information content (AvgIpc) is 2.94. The Morgan fingerprint density at radius 3 is 2.90 bits per heavy atom. The van der Waals surface area contributed by atoms with Gasteiger partial charge in [0.05, 0.1) is 13.7 Å². The zero-order valence-electron chi connectivity index (χ0n) is 11.6. The Kier molecular flexibility index (Phi) is 4.92. The maximum absolute atomic E-state index is 11.9. The highest BCUT2D eigenvalue weighted by Gasteiger charge is 2.27. The van der Waals surface area contributed by atoms with Gasteiger partial charge in [-0.2, -0.15) is 0 Å².